The van der Waals surface area contributed by atoms with Crippen LogP contribution in [0.4, 0.5) is 0 Å². The summed E-state index contributed by atoms with van der Waals surface area (Å²) in [6, 6.07) is 0. The van der Waals surface area contributed by atoms with Gasteiger partial charge in [-0.2, -0.15) is 0 Å². The highest BCUT2D eigenvalue weighted by Crippen LogP contribution is 2.24. The molecule has 0 aromatic carbocycles. The molecule has 1 heterocycles. The van der Waals surface area contributed by atoms with Crippen molar-refractivity contribution in [1.82, 2.24) is 4.90 Å². The van der Waals surface area contributed by atoms with Crippen molar-refractivity contribution in [3.63, 3.8) is 0 Å². The van der Waals surface area contributed by atoms with Gasteiger partial charge in [0, 0.05) is 6.54 Å². The van der Waals surface area contributed by atoms with E-state index in [0.29, 0.717) is 0 Å². The second-order valence-corrected chi connectivity index (χ2v) is 6.55. The number of hydrogen-bond donors (Lipinski definition) is 0. The van der Waals surface area contributed by atoms with Crippen molar-refractivity contribution in [2.24, 2.45) is 11.8 Å². The van der Waals surface area contributed by atoms with Gasteiger partial charge in [-0.15, -0.1) is 0 Å². The quantitative estimate of drug-likeness (QED) is 0.685. The first-order chi connectivity index (χ1) is 8.34. The zero-order chi connectivity index (χ0) is 11.9. The Labute approximate surface area is 108 Å². The highest BCUT2D eigenvalue weighted by atomic mass is 15.1. The van der Waals surface area contributed by atoms with Gasteiger partial charge in [0.1, 0.15) is 0 Å². The fourth-order valence-corrected chi connectivity index (χ4v) is 3.51. The summed E-state index contributed by atoms with van der Waals surface area (Å²) in [5.41, 5.74) is 0. The van der Waals surface area contributed by atoms with E-state index in [1.165, 1.54) is 83.8 Å². The SMILES string of the molecule is CC1CCN(CC2CCCCCCCC2)CC1. The van der Waals surface area contributed by atoms with Crippen molar-refractivity contribution in [1.29, 1.82) is 0 Å². The standard InChI is InChI=1S/C16H31N/c1-15-10-12-17(13-11-15)14-16-8-6-4-2-3-5-7-9-16/h15-16H,2-14H2,1H3. The van der Waals surface area contributed by atoms with E-state index in [-0.39, 0.29) is 0 Å². The Kier molecular flexibility index (Phi) is 5.84. The van der Waals surface area contributed by atoms with Crippen molar-refractivity contribution in [2.45, 2.75) is 71.1 Å². The molecule has 2 aliphatic rings. The zero-order valence-corrected chi connectivity index (χ0v) is 11.8. The summed E-state index contributed by atoms with van der Waals surface area (Å²) in [4.78, 5) is 2.75. The molecule has 17 heavy (non-hydrogen) atoms. The molecule has 0 N–H and O–H groups in total. The molecule has 1 nitrogen and oxygen atoms in total. The van der Waals surface area contributed by atoms with Crippen LogP contribution in [-0.2, 0) is 0 Å². The van der Waals surface area contributed by atoms with Gasteiger partial charge in [-0.1, -0.05) is 45.4 Å². The first-order valence-electron chi connectivity index (χ1n) is 8.07. The number of piperidine rings is 1. The molecule has 0 radical (unpaired) electrons. The molecule has 0 spiro atoms. The average Bonchev–Trinajstić information content (AvgIpc) is 2.46. The third-order valence-electron chi connectivity index (χ3n) is 4.87. The smallest absolute Gasteiger partial charge is 0.000966 e. The lowest BCUT2D eigenvalue weighted by molar-refractivity contribution is 0.158. The number of hydrogen-bond acceptors (Lipinski definition) is 1. The predicted octanol–water partition coefficient (Wildman–Crippen LogP) is 4.47. The summed E-state index contributed by atoms with van der Waals surface area (Å²) in [6.45, 7) is 6.57. The van der Waals surface area contributed by atoms with E-state index in [0.717, 1.165) is 11.8 Å². The minimum absolute atomic E-state index is 0.979. The van der Waals surface area contributed by atoms with Crippen LogP contribution in [0.2, 0.25) is 0 Å². The van der Waals surface area contributed by atoms with Crippen LogP contribution in [0, 0.1) is 11.8 Å². The molecule has 1 aliphatic heterocycles. The second-order valence-electron chi connectivity index (χ2n) is 6.55. The van der Waals surface area contributed by atoms with Crippen LogP contribution in [0.25, 0.3) is 0 Å². The summed E-state index contributed by atoms with van der Waals surface area (Å²) in [5, 5.41) is 0. The minimum Gasteiger partial charge on any atom is -0.303 e. The van der Waals surface area contributed by atoms with E-state index in [1.807, 2.05) is 0 Å². The molecule has 0 amide bonds. The van der Waals surface area contributed by atoms with Gasteiger partial charge < -0.3 is 4.90 Å². The summed E-state index contributed by atoms with van der Waals surface area (Å²) in [7, 11) is 0. The molecule has 1 saturated carbocycles. The molecule has 0 aromatic rings. The Bertz CT molecular complexity index is 184. The molecule has 0 unspecified atom stereocenters. The first-order valence-corrected chi connectivity index (χ1v) is 8.07. The molecule has 0 atom stereocenters. The van der Waals surface area contributed by atoms with Crippen molar-refractivity contribution >= 4 is 0 Å². The first kappa shape index (κ1) is 13.4. The molecule has 2 fully saturated rings. The maximum absolute atomic E-state index is 2.75. The molecular formula is C16H31N. The second kappa shape index (κ2) is 7.41. The summed E-state index contributed by atoms with van der Waals surface area (Å²) < 4.78 is 0. The molecule has 0 aromatic heterocycles. The lowest BCUT2D eigenvalue weighted by Gasteiger charge is -2.33. The Hall–Kier alpha value is -0.0400. The molecule has 0 bridgehead atoms. The number of nitrogens with zero attached hydrogens (tertiary/aromatic N) is 1. The van der Waals surface area contributed by atoms with Crippen LogP contribution in [-0.4, -0.2) is 24.5 Å². The van der Waals surface area contributed by atoms with E-state index in [1.54, 1.807) is 0 Å². The Morgan fingerprint density at radius 3 is 1.88 bits per heavy atom. The van der Waals surface area contributed by atoms with Gasteiger partial charge in [0.25, 0.3) is 0 Å². The van der Waals surface area contributed by atoms with Crippen molar-refractivity contribution in [3.8, 4) is 0 Å². The van der Waals surface area contributed by atoms with Crippen LogP contribution >= 0.6 is 0 Å². The van der Waals surface area contributed by atoms with Crippen molar-refractivity contribution in [2.75, 3.05) is 19.6 Å². The lowest BCUT2D eigenvalue weighted by atomic mass is 9.93. The summed E-state index contributed by atoms with van der Waals surface area (Å²) >= 11 is 0. The monoisotopic (exact) mass is 237 g/mol. The highest BCUT2D eigenvalue weighted by Gasteiger charge is 2.19. The third-order valence-corrected chi connectivity index (χ3v) is 4.87. The lowest BCUT2D eigenvalue weighted by Crippen LogP contribution is -2.36. The minimum atomic E-state index is 0.979. The van der Waals surface area contributed by atoms with E-state index < -0.39 is 0 Å². The fraction of sp³-hybridized carbons (Fsp3) is 1.00. The van der Waals surface area contributed by atoms with Gasteiger partial charge in [0.2, 0.25) is 0 Å². The van der Waals surface area contributed by atoms with Gasteiger partial charge >= 0.3 is 0 Å². The normalized spacial score (nSPS) is 27.4. The topological polar surface area (TPSA) is 3.24 Å². The van der Waals surface area contributed by atoms with Crippen molar-refractivity contribution < 1.29 is 0 Å². The van der Waals surface area contributed by atoms with Crippen LogP contribution in [0.3, 0.4) is 0 Å². The highest BCUT2D eigenvalue weighted by molar-refractivity contribution is 4.73. The van der Waals surface area contributed by atoms with E-state index >= 15 is 0 Å². The summed E-state index contributed by atoms with van der Waals surface area (Å²) in [5.74, 6) is 1.99. The molecular weight excluding hydrogens is 206 g/mol. The van der Waals surface area contributed by atoms with Crippen molar-refractivity contribution in [3.05, 3.63) is 0 Å². The summed E-state index contributed by atoms with van der Waals surface area (Å²) in [6.07, 6.45) is 14.9. The molecule has 1 heteroatoms. The number of likely N-dealkylation sites (tertiary alicyclic amines) is 1. The predicted molar refractivity (Wildman–Crippen MR) is 75.3 cm³/mol. The van der Waals surface area contributed by atoms with E-state index in [9.17, 15) is 0 Å². The van der Waals surface area contributed by atoms with Crippen LogP contribution < -0.4 is 0 Å². The van der Waals surface area contributed by atoms with Gasteiger partial charge in [0.15, 0.2) is 0 Å². The number of rotatable bonds is 2. The van der Waals surface area contributed by atoms with Gasteiger partial charge in [-0.25, -0.2) is 0 Å². The van der Waals surface area contributed by atoms with E-state index in [2.05, 4.69) is 11.8 Å². The van der Waals surface area contributed by atoms with Crippen LogP contribution in [0.15, 0.2) is 0 Å². The van der Waals surface area contributed by atoms with Gasteiger partial charge in [-0.3, -0.25) is 0 Å². The van der Waals surface area contributed by atoms with Gasteiger partial charge in [0.05, 0.1) is 0 Å². The zero-order valence-electron chi connectivity index (χ0n) is 11.8. The maximum atomic E-state index is 2.75. The Morgan fingerprint density at radius 1 is 0.765 bits per heavy atom. The average molecular weight is 237 g/mol. The van der Waals surface area contributed by atoms with E-state index in [4.69, 9.17) is 0 Å². The third kappa shape index (κ3) is 4.99. The molecule has 100 valence electrons. The molecule has 1 saturated heterocycles. The largest absolute Gasteiger partial charge is 0.303 e. The van der Waals surface area contributed by atoms with Crippen LogP contribution in [0.5, 0.6) is 0 Å². The van der Waals surface area contributed by atoms with Gasteiger partial charge in [-0.05, 0) is 50.6 Å². The molecule has 1 aliphatic carbocycles. The molecule has 2 rings (SSSR count). The Balaban J connectivity index is 1.71. The Morgan fingerprint density at radius 2 is 1.29 bits per heavy atom. The maximum Gasteiger partial charge on any atom is 0.000966 e. The van der Waals surface area contributed by atoms with Crippen LogP contribution in [0.1, 0.15) is 71.1 Å². The fourth-order valence-electron chi connectivity index (χ4n) is 3.51.